The number of amides is 1. The molecule has 3 rings (SSSR count). The van der Waals surface area contributed by atoms with Crippen molar-refractivity contribution in [3.63, 3.8) is 0 Å². The summed E-state index contributed by atoms with van der Waals surface area (Å²) in [6.07, 6.45) is 4.57. The topological polar surface area (TPSA) is 49.6 Å². The highest BCUT2D eigenvalue weighted by Gasteiger charge is 2.37. The molecule has 25 heavy (non-hydrogen) atoms. The van der Waals surface area contributed by atoms with E-state index < -0.39 is 0 Å². The Hall–Kier alpha value is -1.39. The van der Waals surface area contributed by atoms with Crippen molar-refractivity contribution in [1.29, 1.82) is 0 Å². The minimum absolute atomic E-state index is 0.00204. The highest BCUT2D eigenvalue weighted by molar-refractivity contribution is 5.81. The number of hydrogen-bond donors (Lipinski definition) is 1. The van der Waals surface area contributed by atoms with Crippen LogP contribution in [0.3, 0.4) is 0 Å². The van der Waals surface area contributed by atoms with Crippen molar-refractivity contribution in [2.24, 2.45) is 17.1 Å². The summed E-state index contributed by atoms with van der Waals surface area (Å²) in [6.45, 7) is 8.69. The smallest absolute Gasteiger partial charge is 0.239 e. The van der Waals surface area contributed by atoms with E-state index in [2.05, 4.69) is 49.1 Å². The Labute approximate surface area is 152 Å². The molecule has 2 saturated heterocycles. The van der Waals surface area contributed by atoms with Crippen LogP contribution in [0.4, 0.5) is 0 Å². The van der Waals surface area contributed by atoms with E-state index in [4.69, 9.17) is 5.73 Å². The first kappa shape index (κ1) is 18.4. The Morgan fingerprint density at radius 2 is 1.92 bits per heavy atom. The third kappa shape index (κ3) is 4.42. The molecule has 0 radical (unpaired) electrons. The molecule has 2 heterocycles. The van der Waals surface area contributed by atoms with Gasteiger partial charge in [-0.25, -0.2) is 0 Å². The fourth-order valence-electron chi connectivity index (χ4n) is 4.29. The molecule has 4 heteroatoms. The average Bonchev–Trinajstić information content (AvgIpc) is 3.05. The molecule has 1 amide bonds. The van der Waals surface area contributed by atoms with Gasteiger partial charge in [0.05, 0.1) is 6.04 Å². The molecule has 2 unspecified atom stereocenters. The number of benzene rings is 1. The molecule has 2 atom stereocenters. The van der Waals surface area contributed by atoms with Crippen molar-refractivity contribution in [3.05, 3.63) is 35.9 Å². The van der Waals surface area contributed by atoms with Gasteiger partial charge in [0.1, 0.15) is 0 Å². The second-order valence-electron chi connectivity index (χ2n) is 8.37. The molecular weight excluding hydrogens is 310 g/mol. The quantitative estimate of drug-likeness (QED) is 0.894. The van der Waals surface area contributed by atoms with Crippen LogP contribution in [0.2, 0.25) is 0 Å². The van der Waals surface area contributed by atoms with Crippen molar-refractivity contribution in [2.75, 3.05) is 32.7 Å². The summed E-state index contributed by atoms with van der Waals surface area (Å²) < 4.78 is 0. The molecule has 2 aliphatic heterocycles. The van der Waals surface area contributed by atoms with Crippen LogP contribution in [0.5, 0.6) is 0 Å². The second kappa shape index (κ2) is 7.88. The highest BCUT2D eigenvalue weighted by Crippen LogP contribution is 2.30. The maximum atomic E-state index is 12.9. The van der Waals surface area contributed by atoms with E-state index in [1.54, 1.807) is 0 Å². The van der Waals surface area contributed by atoms with Gasteiger partial charge in [-0.05, 0) is 69.1 Å². The maximum absolute atomic E-state index is 12.9. The van der Waals surface area contributed by atoms with Crippen molar-refractivity contribution in [1.82, 2.24) is 9.80 Å². The van der Waals surface area contributed by atoms with E-state index >= 15 is 0 Å². The summed E-state index contributed by atoms with van der Waals surface area (Å²) in [5.41, 5.74) is 7.42. The molecule has 2 N–H and O–H groups in total. The van der Waals surface area contributed by atoms with Gasteiger partial charge in [0.25, 0.3) is 0 Å². The summed E-state index contributed by atoms with van der Waals surface area (Å²) in [5, 5.41) is 0. The lowest BCUT2D eigenvalue weighted by atomic mass is 9.89. The van der Waals surface area contributed by atoms with E-state index in [-0.39, 0.29) is 11.5 Å². The minimum atomic E-state index is -0.00204. The van der Waals surface area contributed by atoms with E-state index in [9.17, 15) is 4.79 Å². The van der Waals surface area contributed by atoms with Gasteiger partial charge in [0.15, 0.2) is 0 Å². The van der Waals surface area contributed by atoms with Gasteiger partial charge in [0, 0.05) is 13.1 Å². The number of hydrogen-bond acceptors (Lipinski definition) is 3. The molecule has 1 aromatic carbocycles. The second-order valence-corrected chi connectivity index (χ2v) is 8.37. The molecule has 0 aromatic heterocycles. The molecule has 0 aliphatic carbocycles. The first-order valence-corrected chi connectivity index (χ1v) is 9.77. The first-order valence-electron chi connectivity index (χ1n) is 9.77. The largest absolute Gasteiger partial charge is 0.341 e. The SMILES string of the molecule is CC(C(=O)N1CCC(C)(CN)C1)N1CCC(Cc2ccccc2)CC1. The van der Waals surface area contributed by atoms with Crippen LogP contribution in [-0.2, 0) is 11.2 Å². The van der Waals surface area contributed by atoms with Crippen molar-refractivity contribution in [2.45, 2.75) is 45.6 Å². The first-order chi connectivity index (χ1) is 12.0. The minimum Gasteiger partial charge on any atom is -0.341 e. The number of piperidine rings is 1. The van der Waals surface area contributed by atoms with Crippen molar-refractivity contribution < 1.29 is 4.79 Å². The molecule has 2 aliphatic rings. The Morgan fingerprint density at radius 1 is 1.24 bits per heavy atom. The predicted octanol–water partition coefficient (Wildman–Crippen LogP) is 2.53. The van der Waals surface area contributed by atoms with Crippen LogP contribution in [0.1, 0.15) is 38.7 Å². The summed E-state index contributed by atoms with van der Waals surface area (Å²) in [6, 6.07) is 10.8. The fourth-order valence-corrected chi connectivity index (χ4v) is 4.29. The Balaban J connectivity index is 1.48. The third-order valence-electron chi connectivity index (χ3n) is 6.28. The van der Waals surface area contributed by atoms with Crippen LogP contribution in [0, 0.1) is 11.3 Å². The summed E-state index contributed by atoms with van der Waals surface area (Å²) >= 11 is 0. The van der Waals surface area contributed by atoms with Gasteiger partial charge in [-0.1, -0.05) is 37.3 Å². The molecule has 0 bridgehead atoms. The summed E-state index contributed by atoms with van der Waals surface area (Å²) in [7, 11) is 0. The van der Waals surface area contributed by atoms with Crippen LogP contribution in [-0.4, -0.2) is 54.5 Å². The average molecular weight is 344 g/mol. The molecular formula is C21H33N3O. The van der Waals surface area contributed by atoms with Crippen LogP contribution in [0.25, 0.3) is 0 Å². The number of likely N-dealkylation sites (tertiary alicyclic amines) is 2. The van der Waals surface area contributed by atoms with Gasteiger partial charge >= 0.3 is 0 Å². The fraction of sp³-hybridized carbons (Fsp3) is 0.667. The van der Waals surface area contributed by atoms with Gasteiger partial charge in [-0.3, -0.25) is 9.69 Å². The van der Waals surface area contributed by atoms with Crippen molar-refractivity contribution >= 4 is 5.91 Å². The van der Waals surface area contributed by atoms with E-state index in [0.717, 1.165) is 44.9 Å². The van der Waals surface area contributed by atoms with E-state index in [1.807, 2.05) is 4.90 Å². The maximum Gasteiger partial charge on any atom is 0.239 e. The van der Waals surface area contributed by atoms with Gasteiger partial charge in [0.2, 0.25) is 5.91 Å². The van der Waals surface area contributed by atoms with Crippen LogP contribution in [0.15, 0.2) is 30.3 Å². The number of carbonyl (C=O) groups is 1. The zero-order valence-corrected chi connectivity index (χ0v) is 15.8. The normalized spacial score (nSPS) is 26.8. The van der Waals surface area contributed by atoms with E-state index in [0.29, 0.717) is 12.5 Å². The Bertz CT molecular complexity index is 568. The molecule has 4 nitrogen and oxygen atoms in total. The molecule has 0 spiro atoms. The molecule has 1 aromatic rings. The third-order valence-corrected chi connectivity index (χ3v) is 6.28. The van der Waals surface area contributed by atoms with Crippen LogP contribution < -0.4 is 5.73 Å². The predicted molar refractivity (Wildman–Crippen MR) is 102 cm³/mol. The zero-order valence-electron chi connectivity index (χ0n) is 15.8. The number of nitrogens with two attached hydrogens (primary N) is 1. The van der Waals surface area contributed by atoms with Crippen molar-refractivity contribution in [3.8, 4) is 0 Å². The summed E-state index contributed by atoms with van der Waals surface area (Å²) in [4.78, 5) is 17.3. The van der Waals surface area contributed by atoms with Crippen LogP contribution >= 0.6 is 0 Å². The van der Waals surface area contributed by atoms with Gasteiger partial charge < -0.3 is 10.6 Å². The highest BCUT2D eigenvalue weighted by atomic mass is 16.2. The molecule has 138 valence electrons. The lowest BCUT2D eigenvalue weighted by molar-refractivity contribution is -0.136. The Kier molecular flexibility index (Phi) is 5.80. The van der Waals surface area contributed by atoms with E-state index in [1.165, 1.54) is 18.4 Å². The Morgan fingerprint density at radius 3 is 2.52 bits per heavy atom. The zero-order chi connectivity index (χ0) is 17.9. The lowest BCUT2D eigenvalue weighted by Crippen LogP contribution is -2.49. The monoisotopic (exact) mass is 343 g/mol. The number of carbonyl (C=O) groups excluding carboxylic acids is 1. The number of rotatable bonds is 5. The van der Waals surface area contributed by atoms with Gasteiger partial charge in [-0.15, -0.1) is 0 Å². The molecule has 0 saturated carbocycles. The molecule has 2 fully saturated rings. The lowest BCUT2D eigenvalue weighted by Gasteiger charge is -2.37. The summed E-state index contributed by atoms with van der Waals surface area (Å²) in [5.74, 6) is 1.03. The standard InChI is InChI=1S/C21H33N3O/c1-17(20(25)24-13-10-21(2,15-22)16-24)23-11-8-19(9-12-23)14-18-6-4-3-5-7-18/h3-7,17,19H,8-16,22H2,1-2H3. The van der Waals surface area contributed by atoms with Gasteiger partial charge in [-0.2, -0.15) is 0 Å². The number of nitrogens with zero attached hydrogens (tertiary/aromatic N) is 2.